The molecular formula is C21H17ClN2O5. The van der Waals surface area contributed by atoms with Gasteiger partial charge >= 0.3 is 6.03 Å². The van der Waals surface area contributed by atoms with Crippen molar-refractivity contribution in [2.24, 2.45) is 0 Å². The van der Waals surface area contributed by atoms with Crippen LogP contribution in [0.2, 0.25) is 5.02 Å². The highest BCUT2D eigenvalue weighted by atomic mass is 35.5. The predicted octanol–water partition coefficient (Wildman–Crippen LogP) is 3.58. The number of nitrogens with one attached hydrogen (secondary N) is 1. The van der Waals surface area contributed by atoms with E-state index in [2.05, 4.69) is 11.9 Å². The Hall–Kier alpha value is -3.58. The Morgan fingerprint density at radius 1 is 1.14 bits per heavy atom. The quantitative estimate of drug-likeness (QED) is 0.445. The fourth-order valence-electron chi connectivity index (χ4n) is 2.72. The van der Waals surface area contributed by atoms with E-state index in [0.717, 1.165) is 4.90 Å². The molecule has 0 radical (unpaired) electrons. The van der Waals surface area contributed by atoms with Gasteiger partial charge in [0.05, 0.1) is 12.8 Å². The fraction of sp³-hybridized carbons (Fsp3) is 0.0952. The molecule has 0 saturated carbocycles. The van der Waals surface area contributed by atoms with Gasteiger partial charge in [-0.3, -0.25) is 14.9 Å². The molecule has 0 atom stereocenters. The lowest BCUT2D eigenvalue weighted by Crippen LogP contribution is -2.54. The molecule has 0 spiro atoms. The zero-order valence-electron chi connectivity index (χ0n) is 15.5. The summed E-state index contributed by atoms with van der Waals surface area (Å²) in [6, 6.07) is 10.3. The van der Waals surface area contributed by atoms with Gasteiger partial charge in [0.25, 0.3) is 11.8 Å². The van der Waals surface area contributed by atoms with Gasteiger partial charge in [-0.1, -0.05) is 36.4 Å². The van der Waals surface area contributed by atoms with Crippen molar-refractivity contribution in [3.05, 3.63) is 71.3 Å². The zero-order chi connectivity index (χ0) is 21.0. The van der Waals surface area contributed by atoms with Gasteiger partial charge in [0.15, 0.2) is 11.5 Å². The maximum Gasteiger partial charge on any atom is 0.335 e. The largest absolute Gasteiger partial charge is 0.493 e. The van der Waals surface area contributed by atoms with E-state index in [-0.39, 0.29) is 11.3 Å². The summed E-state index contributed by atoms with van der Waals surface area (Å²) < 4.78 is 10.8. The monoisotopic (exact) mass is 412 g/mol. The molecule has 3 rings (SSSR count). The molecule has 1 aliphatic heterocycles. The lowest BCUT2D eigenvalue weighted by Gasteiger charge is -2.26. The van der Waals surface area contributed by atoms with Crippen molar-refractivity contribution in [2.45, 2.75) is 0 Å². The van der Waals surface area contributed by atoms with Crippen molar-refractivity contribution < 1.29 is 23.9 Å². The molecule has 0 unspecified atom stereocenters. The van der Waals surface area contributed by atoms with Crippen LogP contribution in [-0.4, -0.2) is 31.6 Å². The number of imide groups is 2. The first-order valence-electron chi connectivity index (χ1n) is 8.53. The maximum absolute atomic E-state index is 12.9. The van der Waals surface area contributed by atoms with Gasteiger partial charge in [-0.05, 0) is 42.0 Å². The molecule has 2 aromatic rings. The van der Waals surface area contributed by atoms with E-state index >= 15 is 0 Å². The fourth-order valence-corrected chi connectivity index (χ4v) is 2.90. The van der Waals surface area contributed by atoms with Gasteiger partial charge in [0, 0.05) is 5.02 Å². The van der Waals surface area contributed by atoms with E-state index < -0.39 is 17.8 Å². The number of amides is 4. The molecular weight excluding hydrogens is 396 g/mol. The van der Waals surface area contributed by atoms with Crippen LogP contribution >= 0.6 is 11.6 Å². The van der Waals surface area contributed by atoms with E-state index in [9.17, 15) is 14.4 Å². The smallest absolute Gasteiger partial charge is 0.335 e. The number of ether oxygens (including phenoxy) is 2. The lowest BCUT2D eigenvalue weighted by molar-refractivity contribution is -0.122. The van der Waals surface area contributed by atoms with Gasteiger partial charge in [-0.25, -0.2) is 9.69 Å². The van der Waals surface area contributed by atoms with Crippen molar-refractivity contribution in [1.82, 2.24) is 5.32 Å². The second-order valence-corrected chi connectivity index (χ2v) is 6.38. The van der Waals surface area contributed by atoms with Gasteiger partial charge in [-0.2, -0.15) is 0 Å². The molecule has 7 nitrogen and oxygen atoms in total. The number of benzene rings is 2. The number of nitrogens with zero attached hydrogens (tertiary/aromatic N) is 1. The summed E-state index contributed by atoms with van der Waals surface area (Å²) in [5, 5.41) is 2.52. The van der Waals surface area contributed by atoms with E-state index in [0.29, 0.717) is 28.7 Å². The first-order chi connectivity index (χ1) is 13.9. The third kappa shape index (κ3) is 4.30. The van der Waals surface area contributed by atoms with Crippen LogP contribution in [0.25, 0.3) is 6.08 Å². The topological polar surface area (TPSA) is 84.9 Å². The van der Waals surface area contributed by atoms with E-state index in [1.807, 2.05) is 0 Å². The number of carbonyl (C=O) groups excluding carboxylic acids is 3. The minimum absolute atomic E-state index is 0.202. The number of methoxy groups -OCH3 is 1. The Morgan fingerprint density at radius 2 is 1.93 bits per heavy atom. The number of hydrogen-bond donors (Lipinski definition) is 1. The second kappa shape index (κ2) is 8.62. The summed E-state index contributed by atoms with van der Waals surface area (Å²) in [5.41, 5.74) is 0.572. The number of hydrogen-bond acceptors (Lipinski definition) is 5. The minimum Gasteiger partial charge on any atom is -0.493 e. The van der Waals surface area contributed by atoms with Crippen molar-refractivity contribution >= 4 is 41.2 Å². The molecule has 8 heteroatoms. The predicted molar refractivity (Wildman–Crippen MR) is 109 cm³/mol. The molecule has 148 valence electrons. The average molecular weight is 413 g/mol. The van der Waals surface area contributed by atoms with Crippen LogP contribution < -0.4 is 19.7 Å². The highest BCUT2D eigenvalue weighted by molar-refractivity contribution is 6.39. The third-order valence-corrected chi connectivity index (χ3v) is 4.26. The van der Waals surface area contributed by atoms with Crippen LogP contribution in [0.1, 0.15) is 5.56 Å². The molecule has 1 N–H and O–H groups in total. The molecule has 29 heavy (non-hydrogen) atoms. The molecule has 1 saturated heterocycles. The highest BCUT2D eigenvalue weighted by Crippen LogP contribution is 2.30. The van der Waals surface area contributed by atoms with Crippen LogP contribution in [0.3, 0.4) is 0 Å². The SMILES string of the molecule is C=CCOc1ccc(/C=C2\C(=O)NC(=O)N(c3cccc(Cl)c3)C2=O)cc1OC. The lowest BCUT2D eigenvalue weighted by atomic mass is 10.1. The molecule has 0 bridgehead atoms. The van der Waals surface area contributed by atoms with Gasteiger partial charge in [-0.15, -0.1) is 0 Å². The van der Waals surface area contributed by atoms with Crippen LogP contribution in [0.5, 0.6) is 11.5 Å². The molecule has 1 heterocycles. The molecule has 2 aromatic carbocycles. The van der Waals surface area contributed by atoms with Crippen molar-refractivity contribution in [1.29, 1.82) is 0 Å². The number of barbiturate groups is 1. The average Bonchev–Trinajstić information content (AvgIpc) is 2.69. The number of rotatable bonds is 6. The Labute approximate surface area is 172 Å². The van der Waals surface area contributed by atoms with Gasteiger partial charge in [0.2, 0.25) is 0 Å². The summed E-state index contributed by atoms with van der Waals surface area (Å²) in [6.45, 7) is 3.89. The first-order valence-corrected chi connectivity index (χ1v) is 8.91. The Morgan fingerprint density at radius 3 is 2.62 bits per heavy atom. The number of anilines is 1. The molecule has 4 amide bonds. The van der Waals surface area contributed by atoms with E-state index in [1.54, 1.807) is 42.5 Å². The van der Waals surface area contributed by atoms with Crippen LogP contribution in [0.15, 0.2) is 60.7 Å². The minimum atomic E-state index is -0.842. The third-order valence-electron chi connectivity index (χ3n) is 4.02. The first kappa shape index (κ1) is 20.2. The van der Waals surface area contributed by atoms with Crippen LogP contribution in [-0.2, 0) is 9.59 Å². The maximum atomic E-state index is 12.9. The van der Waals surface area contributed by atoms with Gasteiger partial charge in [0.1, 0.15) is 12.2 Å². The standard InChI is InChI=1S/C21H17ClN2O5/c1-3-9-29-17-8-7-13(11-18(17)28-2)10-16-19(25)23-21(27)24(20(16)26)15-6-4-5-14(22)12-15/h3-8,10-12H,1,9H2,2H3,(H,23,25,27)/b16-10+. The van der Waals surface area contributed by atoms with Crippen molar-refractivity contribution in [2.75, 3.05) is 18.6 Å². The number of carbonyl (C=O) groups is 3. The molecule has 0 aromatic heterocycles. The second-order valence-electron chi connectivity index (χ2n) is 5.95. The zero-order valence-corrected chi connectivity index (χ0v) is 16.2. The summed E-state index contributed by atoms with van der Waals surface area (Å²) in [5.74, 6) is -0.631. The van der Waals surface area contributed by atoms with Crippen LogP contribution in [0, 0.1) is 0 Å². The van der Waals surface area contributed by atoms with Crippen molar-refractivity contribution in [3.8, 4) is 11.5 Å². The van der Waals surface area contributed by atoms with Crippen molar-refractivity contribution in [3.63, 3.8) is 0 Å². The van der Waals surface area contributed by atoms with Gasteiger partial charge < -0.3 is 9.47 Å². The summed E-state index contributed by atoms with van der Waals surface area (Å²) in [6.07, 6.45) is 2.98. The summed E-state index contributed by atoms with van der Waals surface area (Å²) in [4.78, 5) is 38.3. The highest BCUT2D eigenvalue weighted by Gasteiger charge is 2.36. The molecule has 0 aliphatic carbocycles. The van der Waals surface area contributed by atoms with Crippen LogP contribution in [0.4, 0.5) is 10.5 Å². The van der Waals surface area contributed by atoms with E-state index in [4.69, 9.17) is 21.1 Å². The summed E-state index contributed by atoms with van der Waals surface area (Å²) in [7, 11) is 1.48. The molecule has 1 fully saturated rings. The Bertz CT molecular complexity index is 1030. The Kier molecular flexibility index (Phi) is 5.99. The normalized spacial score (nSPS) is 15.3. The molecule has 1 aliphatic rings. The summed E-state index contributed by atoms with van der Waals surface area (Å²) >= 11 is 5.96. The van der Waals surface area contributed by atoms with E-state index in [1.165, 1.54) is 19.3 Å². The number of halogens is 1. The Balaban J connectivity index is 1.97. The number of urea groups is 1.